The summed E-state index contributed by atoms with van der Waals surface area (Å²) in [6, 6.07) is 7.01. The fraction of sp³-hybridized carbons (Fsp3) is 0.500. The molecule has 2 rings (SSSR count). The number of amides is 1. The molecule has 6 heteroatoms. The van der Waals surface area contributed by atoms with E-state index in [1.807, 2.05) is 31.2 Å². The number of halogens is 3. The normalized spacial score (nSPS) is 20.2. The van der Waals surface area contributed by atoms with Gasteiger partial charge in [-0.05, 0) is 17.5 Å². The molecule has 0 spiro atoms. The predicted octanol–water partition coefficient (Wildman–Crippen LogP) is 2.28. The highest BCUT2D eigenvalue weighted by atomic mass is 35.5. The zero-order valence-corrected chi connectivity index (χ0v) is 12.1. The van der Waals surface area contributed by atoms with E-state index in [-0.39, 0.29) is 18.3 Å². The van der Waals surface area contributed by atoms with Crippen molar-refractivity contribution < 1.29 is 13.6 Å². The van der Waals surface area contributed by atoms with Gasteiger partial charge in [0.1, 0.15) is 0 Å². The zero-order valence-electron chi connectivity index (χ0n) is 11.3. The van der Waals surface area contributed by atoms with Crippen LogP contribution in [0.1, 0.15) is 24.5 Å². The first kappa shape index (κ1) is 16.9. The van der Waals surface area contributed by atoms with E-state index in [0.29, 0.717) is 6.54 Å². The number of hydrogen-bond donors (Lipinski definition) is 2. The lowest BCUT2D eigenvalue weighted by atomic mass is 10.1. The summed E-state index contributed by atoms with van der Waals surface area (Å²) < 4.78 is 26.0. The molecule has 1 fully saturated rings. The summed E-state index contributed by atoms with van der Waals surface area (Å²) in [4.78, 5) is 11.8. The number of alkyl halides is 2. The SMILES string of the molecule is CCc1ccccc1CNC(=O)C1CC(F)(F)CN1.Cl. The third-order valence-corrected chi connectivity index (χ3v) is 3.38. The Labute approximate surface area is 123 Å². The van der Waals surface area contributed by atoms with Crippen LogP contribution in [-0.4, -0.2) is 24.4 Å². The lowest BCUT2D eigenvalue weighted by Gasteiger charge is -2.13. The Morgan fingerprint density at radius 2 is 2.05 bits per heavy atom. The third kappa shape index (κ3) is 4.15. The fourth-order valence-electron chi connectivity index (χ4n) is 2.28. The Morgan fingerprint density at radius 3 is 2.60 bits per heavy atom. The highest BCUT2D eigenvalue weighted by Gasteiger charge is 2.42. The molecule has 1 aliphatic rings. The van der Waals surface area contributed by atoms with Crippen molar-refractivity contribution >= 4 is 18.3 Å². The summed E-state index contributed by atoms with van der Waals surface area (Å²) in [5.74, 6) is -3.13. The van der Waals surface area contributed by atoms with Crippen LogP contribution in [0.15, 0.2) is 24.3 Å². The third-order valence-electron chi connectivity index (χ3n) is 3.38. The van der Waals surface area contributed by atoms with Crippen LogP contribution in [0.5, 0.6) is 0 Å². The van der Waals surface area contributed by atoms with E-state index >= 15 is 0 Å². The number of carbonyl (C=O) groups excluding carboxylic acids is 1. The topological polar surface area (TPSA) is 41.1 Å². The van der Waals surface area contributed by atoms with Crippen LogP contribution < -0.4 is 10.6 Å². The molecule has 2 N–H and O–H groups in total. The van der Waals surface area contributed by atoms with E-state index in [2.05, 4.69) is 10.6 Å². The van der Waals surface area contributed by atoms with Gasteiger partial charge >= 0.3 is 0 Å². The van der Waals surface area contributed by atoms with E-state index in [1.54, 1.807) is 0 Å². The van der Waals surface area contributed by atoms with Gasteiger partial charge in [-0.3, -0.25) is 10.1 Å². The van der Waals surface area contributed by atoms with E-state index in [4.69, 9.17) is 0 Å². The molecule has 3 nitrogen and oxygen atoms in total. The number of rotatable bonds is 4. The number of benzene rings is 1. The molecule has 112 valence electrons. The number of nitrogens with one attached hydrogen (secondary N) is 2. The Bertz CT molecular complexity index is 468. The fourth-order valence-corrected chi connectivity index (χ4v) is 2.28. The number of hydrogen-bond acceptors (Lipinski definition) is 2. The van der Waals surface area contributed by atoms with Crippen molar-refractivity contribution in [3.8, 4) is 0 Å². The quantitative estimate of drug-likeness (QED) is 0.896. The van der Waals surface area contributed by atoms with Crippen molar-refractivity contribution in [2.45, 2.75) is 38.3 Å². The van der Waals surface area contributed by atoms with Crippen LogP contribution in [0, 0.1) is 0 Å². The Balaban J connectivity index is 0.00000200. The summed E-state index contributed by atoms with van der Waals surface area (Å²) >= 11 is 0. The van der Waals surface area contributed by atoms with Gasteiger partial charge in [0.15, 0.2) is 0 Å². The Kier molecular flexibility index (Phi) is 5.89. The highest BCUT2D eigenvalue weighted by Crippen LogP contribution is 2.25. The van der Waals surface area contributed by atoms with Crippen molar-refractivity contribution in [2.75, 3.05) is 6.54 Å². The van der Waals surface area contributed by atoms with Crippen molar-refractivity contribution in [3.63, 3.8) is 0 Å². The summed E-state index contributed by atoms with van der Waals surface area (Å²) in [7, 11) is 0. The van der Waals surface area contributed by atoms with E-state index in [9.17, 15) is 13.6 Å². The second-order valence-electron chi connectivity index (χ2n) is 4.83. The van der Waals surface area contributed by atoms with Gasteiger partial charge in [-0.25, -0.2) is 8.78 Å². The number of carbonyl (C=O) groups is 1. The van der Waals surface area contributed by atoms with E-state index < -0.39 is 24.9 Å². The minimum absolute atomic E-state index is 0. The van der Waals surface area contributed by atoms with Crippen molar-refractivity contribution in [2.24, 2.45) is 0 Å². The van der Waals surface area contributed by atoms with E-state index in [1.165, 1.54) is 0 Å². The van der Waals surface area contributed by atoms with Gasteiger partial charge in [0.25, 0.3) is 5.92 Å². The van der Waals surface area contributed by atoms with Crippen molar-refractivity contribution in [1.29, 1.82) is 0 Å². The maximum atomic E-state index is 13.0. The molecule has 1 atom stereocenters. The smallest absolute Gasteiger partial charge is 0.262 e. The van der Waals surface area contributed by atoms with Crippen LogP contribution in [0.25, 0.3) is 0 Å². The summed E-state index contributed by atoms with van der Waals surface area (Å²) in [6.45, 7) is 2.00. The molecule has 0 aromatic heterocycles. The largest absolute Gasteiger partial charge is 0.351 e. The summed E-state index contributed by atoms with van der Waals surface area (Å²) in [5.41, 5.74) is 2.19. The monoisotopic (exact) mass is 304 g/mol. The van der Waals surface area contributed by atoms with Crippen molar-refractivity contribution in [3.05, 3.63) is 35.4 Å². The standard InChI is InChI=1S/C14H18F2N2O.ClH/c1-2-10-5-3-4-6-11(10)8-17-13(19)12-7-14(15,16)9-18-12;/h3-6,12,18H,2,7-9H2,1H3,(H,17,19);1H. The van der Waals surface area contributed by atoms with Gasteiger partial charge in [-0.15, -0.1) is 12.4 Å². The first-order valence-corrected chi connectivity index (χ1v) is 6.47. The van der Waals surface area contributed by atoms with Gasteiger partial charge in [0, 0.05) is 13.0 Å². The molecule has 1 aliphatic heterocycles. The van der Waals surface area contributed by atoms with Crippen LogP contribution in [-0.2, 0) is 17.8 Å². The average molecular weight is 305 g/mol. The van der Waals surface area contributed by atoms with Gasteiger partial charge in [0.2, 0.25) is 5.91 Å². The molecule has 20 heavy (non-hydrogen) atoms. The molecular weight excluding hydrogens is 286 g/mol. The molecule has 0 aliphatic carbocycles. The Hall–Kier alpha value is -1.20. The Morgan fingerprint density at radius 1 is 1.40 bits per heavy atom. The minimum atomic E-state index is -2.77. The van der Waals surface area contributed by atoms with E-state index in [0.717, 1.165) is 17.5 Å². The average Bonchev–Trinajstić information content (AvgIpc) is 2.76. The first-order valence-electron chi connectivity index (χ1n) is 6.47. The molecule has 0 bridgehead atoms. The van der Waals surface area contributed by atoms with Crippen LogP contribution in [0.4, 0.5) is 8.78 Å². The minimum Gasteiger partial charge on any atom is -0.351 e. The van der Waals surface area contributed by atoms with Gasteiger partial charge in [0.05, 0.1) is 12.6 Å². The molecule has 1 unspecified atom stereocenters. The van der Waals surface area contributed by atoms with Crippen molar-refractivity contribution in [1.82, 2.24) is 10.6 Å². The predicted molar refractivity (Wildman–Crippen MR) is 76.3 cm³/mol. The number of aryl methyl sites for hydroxylation is 1. The molecule has 0 radical (unpaired) electrons. The second kappa shape index (κ2) is 6.99. The molecule has 1 aromatic rings. The molecule has 0 saturated carbocycles. The van der Waals surface area contributed by atoms with Crippen LogP contribution in [0.2, 0.25) is 0 Å². The summed E-state index contributed by atoms with van der Waals surface area (Å²) in [5, 5.41) is 5.27. The second-order valence-corrected chi connectivity index (χ2v) is 4.83. The van der Waals surface area contributed by atoms with Crippen LogP contribution >= 0.6 is 12.4 Å². The maximum absolute atomic E-state index is 13.0. The van der Waals surface area contributed by atoms with Gasteiger partial charge < -0.3 is 5.32 Å². The molecular formula is C14H19ClF2N2O. The molecule has 1 amide bonds. The van der Waals surface area contributed by atoms with Crippen LogP contribution in [0.3, 0.4) is 0 Å². The first-order chi connectivity index (χ1) is 9.02. The highest BCUT2D eigenvalue weighted by molar-refractivity contribution is 5.85. The molecule has 1 aromatic carbocycles. The lowest BCUT2D eigenvalue weighted by molar-refractivity contribution is -0.123. The van der Waals surface area contributed by atoms with Gasteiger partial charge in [-0.1, -0.05) is 31.2 Å². The lowest BCUT2D eigenvalue weighted by Crippen LogP contribution is -2.40. The summed E-state index contributed by atoms with van der Waals surface area (Å²) in [6.07, 6.45) is 0.458. The molecule has 1 saturated heterocycles. The molecule has 1 heterocycles. The van der Waals surface area contributed by atoms with Gasteiger partial charge in [-0.2, -0.15) is 0 Å². The zero-order chi connectivity index (χ0) is 13.9. The maximum Gasteiger partial charge on any atom is 0.262 e.